The van der Waals surface area contributed by atoms with Gasteiger partial charge in [0.05, 0.1) is 12.2 Å². The normalized spacial score (nSPS) is 16.0. The van der Waals surface area contributed by atoms with Crippen LogP contribution in [0.4, 0.5) is 0 Å². The second-order valence-electron chi connectivity index (χ2n) is 3.14. The topological polar surface area (TPSA) is 49.7 Å². The molecule has 0 rings (SSSR count). The highest BCUT2D eigenvalue weighted by atomic mass is 16.5. The van der Waals surface area contributed by atoms with Crippen LogP contribution in [0.2, 0.25) is 0 Å². The number of hydrogen-bond donors (Lipinski definition) is 2. The Morgan fingerprint density at radius 1 is 1.25 bits per heavy atom. The molecule has 0 aromatic carbocycles. The summed E-state index contributed by atoms with van der Waals surface area (Å²) in [5.74, 6) is 0. The molecule has 0 fully saturated rings. The first-order valence-electron chi connectivity index (χ1n) is 4.52. The molecule has 2 N–H and O–H groups in total. The Balaban J connectivity index is 3.24. The zero-order chi connectivity index (χ0) is 9.40. The molecule has 2 atom stereocenters. The quantitative estimate of drug-likeness (QED) is 0.607. The molecule has 0 radical (unpaired) electrons. The molecule has 0 aromatic rings. The number of rotatable bonds is 7. The lowest BCUT2D eigenvalue weighted by Gasteiger charge is -2.12. The molecule has 0 aliphatic carbocycles. The highest BCUT2D eigenvalue weighted by Crippen LogP contribution is 2.07. The average Bonchev–Trinajstić information content (AvgIpc) is 2.10. The van der Waals surface area contributed by atoms with E-state index in [1.165, 1.54) is 0 Å². The Hall–Kier alpha value is -0.120. The van der Waals surface area contributed by atoms with Gasteiger partial charge in [0.1, 0.15) is 0 Å². The first-order valence-corrected chi connectivity index (χ1v) is 4.52. The average molecular weight is 176 g/mol. The summed E-state index contributed by atoms with van der Waals surface area (Å²) in [4.78, 5) is 0. The fourth-order valence-corrected chi connectivity index (χ4v) is 1.02. The van der Waals surface area contributed by atoms with Crippen molar-refractivity contribution < 1.29 is 14.9 Å². The van der Waals surface area contributed by atoms with Crippen LogP contribution in [0.3, 0.4) is 0 Å². The fraction of sp³-hybridized carbons (Fsp3) is 1.00. The standard InChI is InChI=1S/C9H20O3/c1-8(12-2)5-6-9(11)4-3-7-10/h8-11H,3-7H2,1-2H3. The predicted octanol–water partition coefficient (Wildman–Crippen LogP) is 0.935. The molecule has 3 heteroatoms. The maximum atomic E-state index is 9.36. The highest BCUT2D eigenvalue weighted by Gasteiger charge is 2.06. The van der Waals surface area contributed by atoms with Gasteiger partial charge in [0.2, 0.25) is 0 Å². The van der Waals surface area contributed by atoms with Gasteiger partial charge in [-0.15, -0.1) is 0 Å². The smallest absolute Gasteiger partial charge is 0.0544 e. The Kier molecular flexibility index (Phi) is 7.45. The molecule has 0 aliphatic heterocycles. The van der Waals surface area contributed by atoms with Crippen LogP contribution in [0.5, 0.6) is 0 Å². The van der Waals surface area contributed by atoms with Gasteiger partial charge in [0.15, 0.2) is 0 Å². The molecule has 0 saturated heterocycles. The Bertz CT molecular complexity index is 95.8. The van der Waals surface area contributed by atoms with Crippen molar-refractivity contribution in [2.75, 3.05) is 13.7 Å². The van der Waals surface area contributed by atoms with Crippen LogP contribution in [0.15, 0.2) is 0 Å². The summed E-state index contributed by atoms with van der Waals surface area (Å²) in [5, 5.41) is 17.9. The molecule has 74 valence electrons. The molecule has 0 amide bonds. The maximum absolute atomic E-state index is 9.36. The molecule has 12 heavy (non-hydrogen) atoms. The van der Waals surface area contributed by atoms with Crippen molar-refractivity contribution >= 4 is 0 Å². The lowest BCUT2D eigenvalue weighted by molar-refractivity contribution is 0.0799. The summed E-state index contributed by atoms with van der Waals surface area (Å²) >= 11 is 0. The van der Waals surface area contributed by atoms with E-state index in [0.29, 0.717) is 12.8 Å². The molecular weight excluding hydrogens is 156 g/mol. The minimum atomic E-state index is -0.283. The number of aliphatic hydroxyl groups excluding tert-OH is 2. The Morgan fingerprint density at radius 3 is 2.42 bits per heavy atom. The first kappa shape index (κ1) is 11.9. The molecule has 0 saturated carbocycles. The first-order chi connectivity index (χ1) is 5.70. The summed E-state index contributed by atoms with van der Waals surface area (Å²) in [5.41, 5.74) is 0. The molecule has 0 bridgehead atoms. The van der Waals surface area contributed by atoms with Crippen molar-refractivity contribution in [3.05, 3.63) is 0 Å². The summed E-state index contributed by atoms with van der Waals surface area (Å²) in [6.07, 6.45) is 2.94. The molecule has 2 unspecified atom stereocenters. The summed E-state index contributed by atoms with van der Waals surface area (Å²) < 4.78 is 5.04. The SMILES string of the molecule is COC(C)CCC(O)CCCO. The number of aliphatic hydroxyl groups is 2. The van der Waals surface area contributed by atoms with Gasteiger partial charge in [-0.1, -0.05) is 0 Å². The van der Waals surface area contributed by atoms with Gasteiger partial charge >= 0.3 is 0 Å². The van der Waals surface area contributed by atoms with E-state index in [1.807, 2.05) is 6.92 Å². The van der Waals surface area contributed by atoms with E-state index in [1.54, 1.807) is 7.11 Å². The van der Waals surface area contributed by atoms with Gasteiger partial charge in [0.25, 0.3) is 0 Å². The second kappa shape index (κ2) is 7.53. The highest BCUT2D eigenvalue weighted by molar-refractivity contribution is 4.58. The van der Waals surface area contributed by atoms with Crippen molar-refractivity contribution in [3.8, 4) is 0 Å². The van der Waals surface area contributed by atoms with E-state index in [-0.39, 0.29) is 18.8 Å². The second-order valence-corrected chi connectivity index (χ2v) is 3.14. The van der Waals surface area contributed by atoms with Gasteiger partial charge in [0, 0.05) is 13.7 Å². The van der Waals surface area contributed by atoms with E-state index < -0.39 is 0 Å². The van der Waals surface area contributed by atoms with Crippen molar-refractivity contribution in [2.24, 2.45) is 0 Å². The minimum absolute atomic E-state index is 0.164. The molecule has 3 nitrogen and oxygen atoms in total. The van der Waals surface area contributed by atoms with E-state index in [0.717, 1.165) is 12.8 Å². The summed E-state index contributed by atoms with van der Waals surface area (Å²) in [6, 6.07) is 0. The van der Waals surface area contributed by atoms with Crippen LogP contribution in [-0.2, 0) is 4.74 Å². The summed E-state index contributed by atoms with van der Waals surface area (Å²) in [7, 11) is 1.67. The van der Waals surface area contributed by atoms with E-state index in [2.05, 4.69) is 0 Å². The van der Waals surface area contributed by atoms with Gasteiger partial charge in [-0.3, -0.25) is 0 Å². The summed E-state index contributed by atoms with van der Waals surface area (Å²) in [6.45, 7) is 2.15. The van der Waals surface area contributed by atoms with Crippen molar-refractivity contribution in [3.63, 3.8) is 0 Å². The molecular formula is C9H20O3. The van der Waals surface area contributed by atoms with Gasteiger partial charge in [-0.05, 0) is 32.6 Å². The third kappa shape index (κ3) is 6.58. The van der Waals surface area contributed by atoms with Gasteiger partial charge < -0.3 is 14.9 Å². The largest absolute Gasteiger partial charge is 0.396 e. The van der Waals surface area contributed by atoms with Crippen molar-refractivity contribution in [1.29, 1.82) is 0 Å². The maximum Gasteiger partial charge on any atom is 0.0544 e. The minimum Gasteiger partial charge on any atom is -0.396 e. The van der Waals surface area contributed by atoms with E-state index in [4.69, 9.17) is 9.84 Å². The van der Waals surface area contributed by atoms with Crippen LogP contribution in [0.25, 0.3) is 0 Å². The van der Waals surface area contributed by atoms with E-state index >= 15 is 0 Å². The number of hydrogen-bond acceptors (Lipinski definition) is 3. The monoisotopic (exact) mass is 176 g/mol. The molecule has 0 aromatic heterocycles. The zero-order valence-corrected chi connectivity index (χ0v) is 7.99. The lowest BCUT2D eigenvalue weighted by atomic mass is 10.1. The molecule has 0 aliphatic rings. The van der Waals surface area contributed by atoms with Crippen LogP contribution in [0, 0.1) is 0 Å². The Morgan fingerprint density at radius 2 is 1.92 bits per heavy atom. The number of methoxy groups -OCH3 is 1. The van der Waals surface area contributed by atoms with Crippen molar-refractivity contribution in [2.45, 2.75) is 44.8 Å². The zero-order valence-electron chi connectivity index (χ0n) is 7.99. The van der Waals surface area contributed by atoms with Crippen LogP contribution >= 0.6 is 0 Å². The van der Waals surface area contributed by atoms with Crippen molar-refractivity contribution in [1.82, 2.24) is 0 Å². The molecule has 0 spiro atoms. The fourth-order valence-electron chi connectivity index (χ4n) is 1.02. The van der Waals surface area contributed by atoms with Crippen LogP contribution in [0.1, 0.15) is 32.6 Å². The third-order valence-corrected chi connectivity index (χ3v) is 2.00. The number of ether oxygens (including phenoxy) is 1. The van der Waals surface area contributed by atoms with E-state index in [9.17, 15) is 5.11 Å². The third-order valence-electron chi connectivity index (χ3n) is 2.00. The van der Waals surface area contributed by atoms with Crippen LogP contribution < -0.4 is 0 Å². The van der Waals surface area contributed by atoms with Gasteiger partial charge in [-0.25, -0.2) is 0 Å². The Labute approximate surface area is 74.4 Å². The predicted molar refractivity (Wildman–Crippen MR) is 48.0 cm³/mol. The van der Waals surface area contributed by atoms with Gasteiger partial charge in [-0.2, -0.15) is 0 Å². The molecule has 0 heterocycles. The lowest BCUT2D eigenvalue weighted by Crippen LogP contribution is -2.12. The van der Waals surface area contributed by atoms with Crippen LogP contribution in [-0.4, -0.2) is 36.1 Å².